The number of nitrogens with zero attached hydrogens (tertiary/aromatic N) is 4. The van der Waals surface area contributed by atoms with Gasteiger partial charge in [-0.05, 0) is 37.3 Å². The van der Waals surface area contributed by atoms with Gasteiger partial charge in [-0.2, -0.15) is 10.2 Å². The second-order valence-corrected chi connectivity index (χ2v) is 10.5. The zero-order chi connectivity index (χ0) is 21.6. The number of amides is 1. The lowest BCUT2D eigenvalue weighted by atomic mass is 10.00. The van der Waals surface area contributed by atoms with E-state index >= 15 is 0 Å². The van der Waals surface area contributed by atoms with Gasteiger partial charge in [0.1, 0.15) is 6.04 Å². The molecular formula is C20H25N7O3S. The predicted octanol–water partition coefficient (Wildman–Crippen LogP) is 1.000. The molecule has 3 N–H and O–H groups in total. The third kappa shape index (κ3) is 3.84. The number of nitrogens with one attached hydrogen (secondary N) is 3. The van der Waals surface area contributed by atoms with Crippen molar-refractivity contribution < 1.29 is 13.2 Å². The molecule has 1 aromatic carbocycles. The van der Waals surface area contributed by atoms with E-state index in [1.807, 2.05) is 6.07 Å². The first-order chi connectivity index (χ1) is 14.9. The van der Waals surface area contributed by atoms with Crippen molar-refractivity contribution in [1.82, 2.24) is 30.4 Å². The van der Waals surface area contributed by atoms with E-state index in [-0.39, 0.29) is 17.1 Å². The van der Waals surface area contributed by atoms with E-state index in [1.165, 1.54) is 0 Å². The first kappa shape index (κ1) is 20.2. The maximum absolute atomic E-state index is 13.3. The lowest BCUT2D eigenvalue weighted by molar-refractivity contribution is -0.119. The van der Waals surface area contributed by atoms with Crippen molar-refractivity contribution in [1.29, 1.82) is 0 Å². The lowest BCUT2D eigenvalue weighted by Crippen LogP contribution is -2.30. The second-order valence-electron chi connectivity index (χ2n) is 8.27. The topological polar surface area (TPSA) is 123 Å². The molecule has 1 atom stereocenters. The molecule has 31 heavy (non-hydrogen) atoms. The van der Waals surface area contributed by atoms with E-state index < -0.39 is 15.9 Å². The van der Waals surface area contributed by atoms with Crippen LogP contribution >= 0.6 is 0 Å². The predicted molar refractivity (Wildman–Crippen MR) is 115 cm³/mol. The number of rotatable bonds is 7. The molecule has 3 aromatic rings. The smallest absolute Gasteiger partial charge is 0.250 e. The summed E-state index contributed by atoms with van der Waals surface area (Å²) in [7, 11) is -1.60. The molecule has 2 aromatic heterocycles. The van der Waals surface area contributed by atoms with Crippen molar-refractivity contribution in [2.24, 2.45) is 13.0 Å². The molecule has 0 radical (unpaired) electrons. The molecule has 0 bridgehead atoms. The minimum Gasteiger partial charge on any atom is -0.307 e. The fraction of sp³-hybridized carbons (Fsp3) is 0.450. The summed E-state index contributed by atoms with van der Waals surface area (Å²) in [4.78, 5) is 13.6. The highest BCUT2D eigenvalue weighted by atomic mass is 32.2. The Kier molecular flexibility index (Phi) is 5.03. The van der Waals surface area contributed by atoms with Crippen LogP contribution in [-0.2, 0) is 21.7 Å². The number of anilines is 1. The number of hydrogen-bond donors (Lipinski definition) is 3. The average molecular weight is 444 g/mol. The van der Waals surface area contributed by atoms with Crippen molar-refractivity contribution in [3.8, 4) is 0 Å². The van der Waals surface area contributed by atoms with Gasteiger partial charge >= 0.3 is 0 Å². The van der Waals surface area contributed by atoms with Gasteiger partial charge in [0.05, 0.1) is 21.9 Å². The largest absolute Gasteiger partial charge is 0.307 e. The van der Waals surface area contributed by atoms with Crippen LogP contribution < -0.4 is 16.2 Å². The number of benzene rings is 1. The Hall–Kier alpha value is -2.76. The summed E-state index contributed by atoms with van der Waals surface area (Å²) < 4.78 is 29.1. The Balaban J connectivity index is 1.53. The first-order valence-electron chi connectivity index (χ1n) is 10.4. The molecule has 0 spiro atoms. The van der Waals surface area contributed by atoms with Gasteiger partial charge in [-0.3, -0.25) is 25.0 Å². The summed E-state index contributed by atoms with van der Waals surface area (Å²) in [5, 5.41) is 11.8. The van der Waals surface area contributed by atoms with Crippen LogP contribution in [0.15, 0.2) is 41.6 Å². The van der Waals surface area contributed by atoms with Gasteiger partial charge in [0.2, 0.25) is 5.91 Å². The van der Waals surface area contributed by atoms with E-state index in [0.29, 0.717) is 40.9 Å². The third-order valence-electron chi connectivity index (χ3n) is 5.90. The molecule has 1 saturated carbocycles. The van der Waals surface area contributed by atoms with Gasteiger partial charge < -0.3 is 5.32 Å². The van der Waals surface area contributed by atoms with Crippen molar-refractivity contribution in [3.05, 3.63) is 36.7 Å². The highest BCUT2D eigenvalue weighted by Gasteiger charge is 2.38. The fourth-order valence-corrected chi connectivity index (χ4v) is 5.94. The van der Waals surface area contributed by atoms with Crippen LogP contribution in [0.2, 0.25) is 0 Å². The van der Waals surface area contributed by atoms with Crippen LogP contribution in [0.3, 0.4) is 0 Å². The second kappa shape index (κ2) is 7.74. The minimum absolute atomic E-state index is 0.231. The number of aryl methyl sites for hydroxylation is 1. The Bertz CT molecular complexity index is 1220. The minimum atomic E-state index is -3.38. The molecule has 3 heterocycles. The van der Waals surface area contributed by atoms with Gasteiger partial charge in [0.25, 0.3) is 0 Å². The van der Waals surface area contributed by atoms with Crippen molar-refractivity contribution in [2.75, 3.05) is 18.4 Å². The molecule has 1 aliphatic carbocycles. The van der Waals surface area contributed by atoms with Gasteiger partial charge in [-0.25, -0.2) is 8.42 Å². The fourth-order valence-electron chi connectivity index (χ4n) is 4.10. The Morgan fingerprint density at radius 2 is 2.03 bits per heavy atom. The summed E-state index contributed by atoms with van der Waals surface area (Å²) in [6, 6.07) is 6.30. The van der Waals surface area contributed by atoms with Crippen molar-refractivity contribution in [2.45, 2.75) is 35.4 Å². The maximum atomic E-state index is 13.3. The standard InChI is InChI=1S/C20H25N7O3S/c1-26-8-7-19(25-26)24-20(28)17(9-13-10-21-22-11-13)27-16-3-2-4-18(15(16)12-23-27)31(29,30)14-5-6-14/h2-4,7-8,12-14,17,21-22H,5-6,9-11H2,1H3,(H,24,25,28). The molecular weight excluding hydrogens is 418 g/mol. The monoisotopic (exact) mass is 443 g/mol. The van der Waals surface area contributed by atoms with E-state index in [2.05, 4.69) is 26.4 Å². The van der Waals surface area contributed by atoms with Crippen molar-refractivity contribution in [3.63, 3.8) is 0 Å². The molecule has 1 unspecified atom stereocenters. The normalized spacial score (nSPS) is 18.5. The lowest BCUT2D eigenvalue weighted by Gasteiger charge is -2.20. The van der Waals surface area contributed by atoms with Gasteiger partial charge in [0.15, 0.2) is 15.7 Å². The SMILES string of the molecule is Cn1ccc(NC(=O)C(CC2CNNC2)n2ncc3c(S(=O)(=O)C4CC4)cccc32)n1. The van der Waals surface area contributed by atoms with Gasteiger partial charge in [-0.15, -0.1) is 0 Å². The van der Waals surface area contributed by atoms with Crippen LogP contribution in [0.25, 0.3) is 10.9 Å². The summed E-state index contributed by atoms with van der Waals surface area (Å²) in [5.41, 5.74) is 6.83. The van der Waals surface area contributed by atoms with Crippen molar-refractivity contribution >= 4 is 32.5 Å². The van der Waals surface area contributed by atoms with Crippen LogP contribution in [-0.4, -0.2) is 52.2 Å². The molecule has 1 aliphatic heterocycles. The number of sulfone groups is 1. The van der Waals surface area contributed by atoms with Crippen LogP contribution in [0.5, 0.6) is 0 Å². The van der Waals surface area contributed by atoms with Crippen LogP contribution in [0, 0.1) is 5.92 Å². The quantitative estimate of drug-likeness (QED) is 0.498. The number of hydrogen-bond acceptors (Lipinski definition) is 7. The van der Waals surface area contributed by atoms with E-state index in [4.69, 9.17) is 0 Å². The zero-order valence-corrected chi connectivity index (χ0v) is 18.0. The molecule has 2 aliphatic rings. The Morgan fingerprint density at radius 1 is 1.26 bits per heavy atom. The number of fused-ring (bicyclic) bond motifs is 1. The molecule has 1 amide bonds. The number of carbonyl (C=O) groups excluding carboxylic acids is 1. The summed E-state index contributed by atoms with van der Waals surface area (Å²) >= 11 is 0. The van der Waals surface area contributed by atoms with E-state index in [0.717, 1.165) is 13.1 Å². The number of carbonyl (C=O) groups is 1. The average Bonchev–Trinajstić information content (AvgIpc) is 3.13. The summed E-state index contributed by atoms with van der Waals surface area (Å²) in [6.45, 7) is 1.49. The molecule has 164 valence electrons. The molecule has 10 nitrogen and oxygen atoms in total. The van der Waals surface area contributed by atoms with Crippen LogP contribution in [0.4, 0.5) is 5.82 Å². The molecule has 5 rings (SSSR count). The molecule has 11 heteroatoms. The van der Waals surface area contributed by atoms with Gasteiger partial charge in [-0.1, -0.05) is 6.07 Å². The highest BCUT2D eigenvalue weighted by molar-refractivity contribution is 7.92. The third-order valence-corrected chi connectivity index (χ3v) is 8.21. The Morgan fingerprint density at radius 3 is 2.71 bits per heavy atom. The summed E-state index contributed by atoms with van der Waals surface area (Å²) in [6.07, 6.45) is 5.27. The zero-order valence-electron chi connectivity index (χ0n) is 17.2. The number of hydrazine groups is 1. The van der Waals surface area contributed by atoms with E-state index in [9.17, 15) is 13.2 Å². The molecule has 1 saturated heterocycles. The maximum Gasteiger partial charge on any atom is 0.250 e. The van der Waals surface area contributed by atoms with Gasteiger partial charge in [0, 0.05) is 37.8 Å². The van der Waals surface area contributed by atoms with Crippen LogP contribution in [0.1, 0.15) is 25.3 Å². The first-order valence-corrected chi connectivity index (χ1v) is 11.9. The Labute approximate surface area is 179 Å². The highest BCUT2D eigenvalue weighted by Crippen LogP contribution is 2.37. The summed E-state index contributed by atoms with van der Waals surface area (Å²) in [5.74, 6) is 0.469. The molecule has 2 fully saturated rings. The number of aromatic nitrogens is 4. The van der Waals surface area contributed by atoms with E-state index in [1.54, 1.807) is 47.0 Å².